The van der Waals surface area contributed by atoms with Crippen LogP contribution in [0.3, 0.4) is 0 Å². The summed E-state index contributed by atoms with van der Waals surface area (Å²) in [4.78, 5) is 16.4. The van der Waals surface area contributed by atoms with Crippen LogP contribution in [0.5, 0.6) is 0 Å². The number of sulfonamides is 1. The molecule has 1 aromatic carbocycles. The molecule has 0 spiro atoms. The summed E-state index contributed by atoms with van der Waals surface area (Å²) in [7, 11) is -3.64. The predicted octanol–water partition coefficient (Wildman–Crippen LogP) is 0.643. The van der Waals surface area contributed by atoms with Crippen molar-refractivity contribution in [3.05, 3.63) is 35.9 Å². The quantitative estimate of drug-likeness (QED) is 0.560. The molecule has 1 rings (SSSR count). The van der Waals surface area contributed by atoms with Gasteiger partial charge in [0.15, 0.2) is 0 Å². The van der Waals surface area contributed by atoms with E-state index >= 15 is 0 Å². The van der Waals surface area contributed by atoms with E-state index in [1.165, 1.54) is 0 Å². The van der Waals surface area contributed by atoms with Crippen LogP contribution in [0.2, 0.25) is 0 Å². The Morgan fingerprint density at radius 3 is 2.53 bits per heavy atom. The molecule has 0 atom stereocenters. The number of nitrogens with one attached hydrogen (secondary N) is 1. The van der Waals surface area contributed by atoms with Gasteiger partial charge >= 0.3 is 5.97 Å². The molecule has 0 saturated carbocycles. The number of hydrogen-bond donors (Lipinski definition) is 1. The Morgan fingerprint density at radius 1 is 1.21 bits per heavy atom. The van der Waals surface area contributed by atoms with Gasteiger partial charge in [0, 0.05) is 6.92 Å². The first-order valence-corrected chi connectivity index (χ1v) is 7.43. The number of benzene rings is 1. The zero-order valence-corrected chi connectivity index (χ0v) is 11.5. The number of rotatable bonds is 8. The lowest BCUT2D eigenvalue weighted by atomic mass is 10.2. The Kier molecular flexibility index (Phi) is 6.48. The average molecular weight is 287 g/mol. The van der Waals surface area contributed by atoms with Crippen molar-refractivity contribution in [2.45, 2.75) is 13.3 Å². The van der Waals surface area contributed by atoms with Gasteiger partial charge in [-0.25, -0.2) is 8.42 Å². The van der Waals surface area contributed by atoms with Gasteiger partial charge in [-0.2, -0.15) is 0 Å². The SMILES string of the molecule is CC(=O)ONS(=O)(=O)CCOCCc1ccccc1. The van der Waals surface area contributed by atoms with Crippen molar-refractivity contribution in [3.8, 4) is 0 Å². The molecule has 0 aromatic heterocycles. The van der Waals surface area contributed by atoms with Gasteiger partial charge in [-0.3, -0.25) is 4.79 Å². The molecule has 1 aromatic rings. The third-order valence-electron chi connectivity index (χ3n) is 2.19. The van der Waals surface area contributed by atoms with Crippen LogP contribution in [0, 0.1) is 0 Å². The molecule has 0 heterocycles. The number of carbonyl (C=O) groups excluding carboxylic acids is 1. The topological polar surface area (TPSA) is 81.7 Å². The molecule has 0 bridgehead atoms. The normalized spacial score (nSPS) is 11.2. The summed E-state index contributed by atoms with van der Waals surface area (Å²) in [6.45, 7) is 1.59. The second kappa shape index (κ2) is 7.88. The highest BCUT2D eigenvalue weighted by atomic mass is 32.2. The van der Waals surface area contributed by atoms with Gasteiger partial charge in [0.1, 0.15) is 0 Å². The Labute approximate surface area is 112 Å². The first-order chi connectivity index (χ1) is 8.99. The minimum absolute atomic E-state index is 0.0451. The van der Waals surface area contributed by atoms with Crippen molar-refractivity contribution in [2.24, 2.45) is 0 Å². The predicted molar refractivity (Wildman–Crippen MR) is 69.7 cm³/mol. The highest BCUT2D eigenvalue weighted by Gasteiger charge is 2.11. The fourth-order valence-corrected chi connectivity index (χ4v) is 1.93. The highest BCUT2D eigenvalue weighted by molar-refractivity contribution is 7.89. The van der Waals surface area contributed by atoms with Crippen molar-refractivity contribution in [1.29, 1.82) is 0 Å². The molecule has 0 aliphatic heterocycles. The molecule has 6 nitrogen and oxygen atoms in total. The summed E-state index contributed by atoms with van der Waals surface area (Å²) < 4.78 is 27.8. The molecule has 0 saturated heterocycles. The Balaban J connectivity index is 2.15. The van der Waals surface area contributed by atoms with E-state index in [0.29, 0.717) is 6.61 Å². The molecule has 0 unspecified atom stereocenters. The summed E-state index contributed by atoms with van der Waals surface area (Å²) >= 11 is 0. The second-order valence-corrected chi connectivity index (χ2v) is 5.65. The second-order valence-electron chi connectivity index (χ2n) is 3.84. The van der Waals surface area contributed by atoms with Crippen LogP contribution in [0.4, 0.5) is 0 Å². The van der Waals surface area contributed by atoms with Crippen molar-refractivity contribution >= 4 is 16.0 Å². The van der Waals surface area contributed by atoms with Crippen molar-refractivity contribution in [2.75, 3.05) is 19.0 Å². The van der Waals surface area contributed by atoms with E-state index in [2.05, 4.69) is 4.84 Å². The Hall–Kier alpha value is -1.44. The number of ether oxygens (including phenoxy) is 1. The van der Waals surface area contributed by atoms with E-state index in [1.54, 1.807) is 4.89 Å². The zero-order chi connectivity index (χ0) is 14.1. The molecular formula is C12H17NO5S. The molecular weight excluding hydrogens is 270 g/mol. The van der Waals surface area contributed by atoms with E-state index in [9.17, 15) is 13.2 Å². The summed E-state index contributed by atoms with van der Waals surface area (Å²) in [5, 5.41) is 0. The van der Waals surface area contributed by atoms with Crippen molar-refractivity contribution in [3.63, 3.8) is 0 Å². The smallest absolute Gasteiger partial charge is 0.323 e. The molecule has 106 valence electrons. The van der Waals surface area contributed by atoms with E-state index in [0.717, 1.165) is 18.9 Å². The largest absolute Gasteiger partial charge is 0.380 e. The van der Waals surface area contributed by atoms with Crippen LogP contribution in [-0.4, -0.2) is 33.4 Å². The average Bonchev–Trinajstić information content (AvgIpc) is 2.37. The van der Waals surface area contributed by atoms with Gasteiger partial charge in [0.05, 0.1) is 19.0 Å². The summed E-state index contributed by atoms with van der Waals surface area (Å²) in [5.41, 5.74) is 1.13. The molecule has 7 heteroatoms. The molecule has 0 fully saturated rings. The molecule has 1 N–H and O–H groups in total. The van der Waals surface area contributed by atoms with Crippen LogP contribution in [0.25, 0.3) is 0 Å². The third kappa shape index (κ3) is 7.55. The van der Waals surface area contributed by atoms with Crippen LogP contribution in [0.15, 0.2) is 30.3 Å². The fourth-order valence-electron chi connectivity index (χ4n) is 1.27. The zero-order valence-electron chi connectivity index (χ0n) is 10.7. The lowest BCUT2D eigenvalue weighted by Crippen LogP contribution is -2.30. The number of carbonyl (C=O) groups is 1. The van der Waals surface area contributed by atoms with Gasteiger partial charge in [-0.05, 0) is 16.9 Å². The van der Waals surface area contributed by atoms with Crippen LogP contribution in [0.1, 0.15) is 12.5 Å². The molecule has 0 aliphatic rings. The lowest BCUT2D eigenvalue weighted by Gasteiger charge is -2.06. The lowest BCUT2D eigenvalue weighted by molar-refractivity contribution is -0.144. The maximum Gasteiger partial charge on any atom is 0.323 e. The minimum Gasteiger partial charge on any atom is -0.380 e. The van der Waals surface area contributed by atoms with E-state index in [-0.39, 0.29) is 12.4 Å². The monoisotopic (exact) mass is 287 g/mol. The molecule has 0 aliphatic carbocycles. The van der Waals surface area contributed by atoms with Gasteiger partial charge in [0.2, 0.25) is 10.0 Å². The first-order valence-electron chi connectivity index (χ1n) is 5.78. The van der Waals surface area contributed by atoms with Crippen LogP contribution < -0.4 is 4.89 Å². The maximum absolute atomic E-state index is 11.3. The van der Waals surface area contributed by atoms with Crippen LogP contribution in [-0.2, 0) is 30.8 Å². The van der Waals surface area contributed by atoms with Gasteiger partial charge in [0.25, 0.3) is 0 Å². The number of hydrogen-bond acceptors (Lipinski definition) is 5. The Morgan fingerprint density at radius 2 is 1.89 bits per heavy atom. The first kappa shape index (κ1) is 15.6. The Bertz CT molecular complexity index is 486. The van der Waals surface area contributed by atoms with Crippen molar-refractivity contribution in [1.82, 2.24) is 4.89 Å². The van der Waals surface area contributed by atoms with E-state index < -0.39 is 16.0 Å². The maximum atomic E-state index is 11.3. The van der Waals surface area contributed by atoms with Gasteiger partial charge in [-0.15, -0.1) is 0 Å². The van der Waals surface area contributed by atoms with E-state index in [1.807, 2.05) is 30.3 Å². The molecule has 0 amide bonds. The van der Waals surface area contributed by atoms with E-state index in [4.69, 9.17) is 4.74 Å². The third-order valence-corrected chi connectivity index (χ3v) is 3.23. The van der Waals surface area contributed by atoms with Crippen molar-refractivity contribution < 1.29 is 22.8 Å². The van der Waals surface area contributed by atoms with Gasteiger partial charge < -0.3 is 9.57 Å². The summed E-state index contributed by atoms with van der Waals surface area (Å²) in [6.07, 6.45) is 0.720. The van der Waals surface area contributed by atoms with Crippen LogP contribution >= 0.6 is 0 Å². The molecule has 19 heavy (non-hydrogen) atoms. The van der Waals surface area contributed by atoms with Gasteiger partial charge in [-0.1, -0.05) is 30.3 Å². The summed E-state index contributed by atoms with van der Waals surface area (Å²) in [5.74, 6) is -0.969. The standard InChI is InChI=1S/C12H17NO5S/c1-11(14)18-13-19(15,16)10-9-17-8-7-12-5-3-2-4-6-12/h2-6,13H,7-10H2,1H3. The minimum atomic E-state index is -3.64. The molecule has 0 radical (unpaired) electrons. The highest BCUT2D eigenvalue weighted by Crippen LogP contribution is 1.99. The summed E-state index contributed by atoms with van der Waals surface area (Å²) in [6, 6.07) is 9.74. The fraction of sp³-hybridized carbons (Fsp3) is 0.417.